The Balaban J connectivity index is 1.66. The zero-order chi connectivity index (χ0) is 24.9. The average Bonchev–Trinajstić information content (AvgIpc) is 2.84. The summed E-state index contributed by atoms with van der Waals surface area (Å²) < 4.78 is 2.52. The Kier molecular flexibility index (Phi) is 8.08. The molecule has 8 heteroatoms. The lowest BCUT2D eigenvalue weighted by molar-refractivity contribution is 0.745. The summed E-state index contributed by atoms with van der Waals surface area (Å²) in [6.45, 7) is 8.88. The highest BCUT2D eigenvalue weighted by molar-refractivity contribution is 9.10. The van der Waals surface area contributed by atoms with Crippen LogP contribution in [0.1, 0.15) is 33.6 Å². The number of aromatic nitrogens is 3. The van der Waals surface area contributed by atoms with E-state index in [1.54, 1.807) is 16.8 Å². The van der Waals surface area contributed by atoms with E-state index in [2.05, 4.69) is 62.1 Å². The van der Waals surface area contributed by atoms with Gasteiger partial charge in [0, 0.05) is 63.2 Å². The van der Waals surface area contributed by atoms with Crippen molar-refractivity contribution in [2.24, 2.45) is 0 Å². The van der Waals surface area contributed by atoms with Crippen LogP contribution >= 0.6 is 27.5 Å². The molecule has 4 aromatic rings. The van der Waals surface area contributed by atoms with E-state index in [-0.39, 0.29) is 5.56 Å². The van der Waals surface area contributed by atoms with Crippen LogP contribution < -0.4 is 15.8 Å². The molecule has 6 nitrogen and oxygen atoms in total. The van der Waals surface area contributed by atoms with Crippen molar-refractivity contribution in [2.45, 2.75) is 40.2 Å². The Morgan fingerprint density at radius 1 is 1.00 bits per heavy atom. The minimum atomic E-state index is -0.134. The predicted octanol–water partition coefficient (Wildman–Crippen LogP) is 7.26. The van der Waals surface area contributed by atoms with Gasteiger partial charge in [-0.2, -0.15) is 4.98 Å². The second kappa shape index (κ2) is 11.2. The molecule has 0 amide bonds. The lowest BCUT2D eigenvalue weighted by Crippen LogP contribution is -2.24. The SMILES string of the molecule is CCCN(CCC)c1ccc(Nc2ncc3cc(-c4ccc(Br)cc4Cl)c(=O)n(CC)c3n2)cc1. The summed E-state index contributed by atoms with van der Waals surface area (Å²) in [5, 5.41) is 4.56. The number of pyridine rings is 1. The van der Waals surface area contributed by atoms with Gasteiger partial charge in [0.25, 0.3) is 5.56 Å². The first-order valence-corrected chi connectivity index (χ1v) is 13.1. The van der Waals surface area contributed by atoms with Gasteiger partial charge in [-0.3, -0.25) is 9.36 Å². The van der Waals surface area contributed by atoms with Crippen molar-refractivity contribution < 1.29 is 0 Å². The summed E-state index contributed by atoms with van der Waals surface area (Å²) in [6.07, 6.45) is 3.96. The number of hydrogen-bond acceptors (Lipinski definition) is 5. The fourth-order valence-corrected chi connectivity index (χ4v) is 4.98. The van der Waals surface area contributed by atoms with Crippen molar-refractivity contribution in [3.05, 3.63) is 74.6 Å². The molecule has 2 heterocycles. The first-order chi connectivity index (χ1) is 16.9. The van der Waals surface area contributed by atoms with Gasteiger partial charge in [-0.25, -0.2) is 4.98 Å². The van der Waals surface area contributed by atoms with Gasteiger partial charge in [-0.15, -0.1) is 0 Å². The molecule has 0 fully saturated rings. The summed E-state index contributed by atoms with van der Waals surface area (Å²) in [7, 11) is 0. The molecule has 0 bridgehead atoms. The van der Waals surface area contributed by atoms with E-state index in [1.165, 1.54) is 5.69 Å². The van der Waals surface area contributed by atoms with Gasteiger partial charge >= 0.3 is 0 Å². The van der Waals surface area contributed by atoms with Gasteiger partial charge in [0.15, 0.2) is 0 Å². The van der Waals surface area contributed by atoms with Crippen LogP contribution in [0.15, 0.2) is 64.0 Å². The average molecular weight is 555 g/mol. The molecular weight excluding hydrogens is 526 g/mol. The molecule has 0 aliphatic rings. The van der Waals surface area contributed by atoms with Crippen LogP contribution in [-0.2, 0) is 6.54 Å². The number of nitrogens with one attached hydrogen (secondary N) is 1. The van der Waals surface area contributed by atoms with Gasteiger partial charge in [0.05, 0.1) is 0 Å². The van der Waals surface area contributed by atoms with Gasteiger partial charge < -0.3 is 10.2 Å². The highest BCUT2D eigenvalue weighted by Crippen LogP contribution is 2.30. The van der Waals surface area contributed by atoms with Crippen LogP contribution in [0.25, 0.3) is 22.2 Å². The number of halogens is 2. The van der Waals surface area contributed by atoms with E-state index < -0.39 is 0 Å². The Labute approximate surface area is 219 Å². The number of rotatable bonds is 9. The number of nitrogens with zero attached hydrogens (tertiary/aromatic N) is 4. The van der Waals surface area contributed by atoms with E-state index in [0.717, 1.165) is 41.5 Å². The van der Waals surface area contributed by atoms with Crippen LogP contribution in [0, 0.1) is 0 Å². The zero-order valence-electron chi connectivity index (χ0n) is 20.2. The molecule has 0 aliphatic heterocycles. The molecule has 35 heavy (non-hydrogen) atoms. The summed E-state index contributed by atoms with van der Waals surface area (Å²) >= 11 is 9.86. The molecule has 1 N–H and O–H groups in total. The predicted molar refractivity (Wildman–Crippen MR) is 150 cm³/mol. The zero-order valence-corrected chi connectivity index (χ0v) is 22.5. The van der Waals surface area contributed by atoms with E-state index in [0.29, 0.717) is 34.3 Å². The van der Waals surface area contributed by atoms with Crippen LogP contribution in [0.2, 0.25) is 5.02 Å². The molecule has 0 atom stereocenters. The van der Waals surface area contributed by atoms with Crippen LogP contribution in [0.3, 0.4) is 0 Å². The molecule has 0 unspecified atom stereocenters. The first-order valence-electron chi connectivity index (χ1n) is 11.9. The van der Waals surface area contributed by atoms with E-state index in [1.807, 2.05) is 37.3 Å². The molecule has 2 aromatic heterocycles. The molecule has 4 rings (SSSR count). The molecule has 0 spiro atoms. The number of anilines is 3. The summed E-state index contributed by atoms with van der Waals surface area (Å²) in [5.41, 5.74) is 3.76. The fourth-order valence-electron chi connectivity index (χ4n) is 4.21. The van der Waals surface area contributed by atoms with Gasteiger partial charge in [0.1, 0.15) is 5.65 Å². The van der Waals surface area contributed by atoms with E-state index in [4.69, 9.17) is 11.6 Å². The van der Waals surface area contributed by atoms with Crippen molar-refractivity contribution in [2.75, 3.05) is 23.3 Å². The Morgan fingerprint density at radius 3 is 2.34 bits per heavy atom. The van der Waals surface area contributed by atoms with Gasteiger partial charge in [0.2, 0.25) is 5.95 Å². The summed E-state index contributed by atoms with van der Waals surface area (Å²) in [5.74, 6) is 0.445. The van der Waals surface area contributed by atoms with Crippen LogP contribution in [0.5, 0.6) is 0 Å². The molecular formula is C27H29BrClN5O. The standard InChI is InChI=1S/C27H29BrClN5O/c1-4-13-33(14-5-2)21-10-8-20(9-11-21)31-27-30-17-18-15-23(22-12-7-19(28)16-24(22)29)26(35)34(6-3)25(18)32-27/h7-12,15-17H,4-6,13-14H2,1-3H3,(H,30,31,32). The third-order valence-electron chi connectivity index (χ3n) is 5.84. The number of fused-ring (bicyclic) bond motifs is 1. The normalized spacial score (nSPS) is 11.1. The van der Waals surface area contributed by atoms with E-state index >= 15 is 0 Å². The highest BCUT2D eigenvalue weighted by Gasteiger charge is 2.15. The number of aryl methyl sites for hydroxylation is 1. The van der Waals surface area contributed by atoms with Crippen LogP contribution in [0.4, 0.5) is 17.3 Å². The fraction of sp³-hybridized carbons (Fsp3) is 0.296. The van der Waals surface area contributed by atoms with Crippen molar-refractivity contribution in [3.63, 3.8) is 0 Å². The second-order valence-corrected chi connectivity index (χ2v) is 9.69. The van der Waals surface area contributed by atoms with Crippen molar-refractivity contribution >= 4 is 55.9 Å². The highest BCUT2D eigenvalue weighted by atomic mass is 79.9. The minimum absolute atomic E-state index is 0.134. The van der Waals surface area contributed by atoms with Crippen molar-refractivity contribution in [1.29, 1.82) is 0 Å². The van der Waals surface area contributed by atoms with Crippen LogP contribution in [-0.4, -0.2) is 27.6 Å². The maximum atomic E-state index is 13.3. The maximum Gasteiger partial charge on any atom is 0.260 e. The molecule has 0 saturated heterocycles. The number of hydrogen-bond donors (Lipinski definition) is 1. The lowest BCUT2D eigenvalue weighted by atomic mass is 10.1. The van der Waals surface area contributed by atoms with E-state index in [9.17, 15) is 4.79 Å². The maximum absolute atomic E-state index is 13.3. The smallest absolute Gasteiger partial charge is 0.260 e. The van der Waals surface area contributed by atoms with Gasteiger partial charge in [-0.05, 0) is 62.2 Å². The monoisotopic (exact) mass is 553 g/mol. The molecule has 0 radical (unpaired) electrons. The Hall–Kier alpha value is -2.90. The third kappa shape index (κ3) is 5.52. The van der Waals surface area contributed by atoms with Gasteiger partial charge in [-0.1, -0.05) is 47.4 Å². The second-order valence-electron chi connectivity index (χ2n) is 8.36. The Bertz CT molecular complexity index is 1380. The minimum Gasteiger partial charge on any atom is -0.372 e. The topological polar surface area (TPSA) is 63.1 Å². The van der Waals surface area contributed by atoms with Crippen molar-refractivity contribution in [3.8, 4) is 11.1 Å². The quantitative estimate of drug-likeness (QED) is 0.236. The summed E-state index contributed by atoms with van der Waals surface area (Å²) in [4.78, 5) is 24.9. The largest absolute Gasteiger partial charge is 0.372 e. The molecule has 182 valence electrons. The third-order valence-corrected chi connectivity index (χ3v) is 6.65. The molecule has 2 aromatic carbocycles. The Morgan fingerprint density at radius 2 is 1.71 bits per heavy atom. The van der Waals surface area contributed by atoms with Crippen molar-refractivity contribution in [1.82, 2.24) is 14.5 Å². The molecule has 0 aliphatic carbocycles. The number of benzene rings is 2. The molecule has 0 saturated carbocycles. The lowest BCUT2D eigenvalue weighted by Gasteiger charge is -2.24. The summed E-state index contributed by atoms with van der Waals surface area (Å²) in [6, 6.07) is 15.6. The first kappa shape index (κ1) is 25.2.